The molecular formula is C19H25N3O4. The van der Waals surface area contributed by atoms with Crippen LogP contribution in [-0.2, 0) is 25.5 Å². The lowest BCUT2D eigenvalue weighted by Crippen LogP contribution is -2.46. The quantitative estimate of drug-likeness (QED) is 0.767. The first kappa shape index (κ1) is 19.5. The summed E-state index contributed by atoms with van der Waals surface area (Å²) in [5.41, 5.74) is 1.39. The summed E-state index contributed by atoms with van der Waals surface area (Å²) in [5, 5.41) is 3.72. The average Bonchev–Trinajstić information content (AvgIpc) is 2.94. The Morgan fingerprint density at radius 1 is 1.19 bits per heavy atom. The summed E-state index contributed by atoms with van der Waals surface area (Å²) in [7, 11) is 1.50. The molecule has 1 heterocycles. The molecule has 2 aromatic rings. The fourth-order valence-electron chi connectivity index (χ4n) is 2.50. The van der Waals surface area contributed by atoms with E-state index in [1.807, 2.05) is 45.0 Å². The van der Waals surface area contributed by atoms with Crippen molar-refractivity contribution in [1.29, 1.82) is 0 Å². The van der Waals surface area contributed by atoms with Gasteiger partial charge in [0.2, 0.25) is 5.91 Å². The molecule has 0 aliphatic carbocycles. The van der Waals surface area contributed by atoms with E-state index in [9.17, 15) is 14.4 Å². The van der Waals surface area contributed by atoms with E-state index in [1.165, 1.54) is 11.9 Å². The Hall–Kier alpha value is -2.83. The van der Waals surface area contributed by atoms with Crippen LogP contribution in [0.3, 0.4) is 0 Å². The molecule has 0 aliphatic heterocycles. The van der Waals surface area contributed by atoms with Gasteiger partial charge in [-0.15, -0.1) is 0 Å². The van der Waals surface area contributed by atoms with Gasteiger partial charge < -0.3 is 19.9 Å². The van der Waals surface area contributed by atoms with Crippen LogP contribution in [0, 0.1) is 0 Å². The Morgan fingerprint density at radius 2 is 1.88 bits per heavy atom. The lowest BCUT2D eigenvalue weighted by Gasteiger charge is -2.23. The van der Waals surface area contributed by atoms with Gasteiger partial charge in [0.25, 0.3) is 5.91 Å². The highest BCUT2D eigenvalue weighted by atomic mass is 16.5. The Balaban J connectivity index is 1.81. The van der Waals surface area contributed by atoms with Crippen LogP contribution >= 0.6 is 0 Å². The standard InChI is InChI=1S/C19H25N3O4/c1-19(2,3)21-16(23)11-22(4)17(24)12-26-18(25)9-13-10-20-15-8-6-5-7-14(13)15/h5-8,10,20H,9,11-12H2,1-4H3,(H,21,23). The maximum Gasteiger partial charge on any atom is 0.310 e. The Kier molecular flexibility index (Phi) is 6.02. The highest BCUT2D eigenvalue weighted by Gasteiger charge is 2.19. The number of rotatable bonds is 6. The summed E-state index contributed by atoms with van der Waals surface area (Å²) in [6.07, 6.45) is 1.84. The van der Waals surface area contributed by atoms with Gasteiger partial charge in [0.05, 0.1) is 13.0 Å². The fourth-order valence-corrected chi connectivity index (χ4v) is 2.50. The maximum absolute atomic E-state index is 12.0. The molecule has 140 valence electrons. The number of fused-ring (bicyclic) bond motifs is 1. The number of carbonyl (C=O) groups excluding carboxylic acids is 3. The van der Waals surface area contributed by atoms with Gasteiger partial charge in [-0.1, -0.05) is 18.2 Å². The lowest BCUT2D eigenvalue weighted by molar-refractivity contribution is -0.151. The van der Waals surface area contributed by atoms with Crippen molar-refractivity contribution in [3.8, 4) is 0 Å². The topological polar surface area (TPSA) is 91.5 Å². The van der Waals surface area contributed by atoms with Crippen molar-refractivity contribution in [3.05, 3.63) is 36.0 Å². The van der Waals surface area contributed by atoms with E-state index in [1.54, 1.807) is 6.20 Å². The van der Waals surface area contributed by atoms with Crippen LogP contribution in [0.4, 0.5) is 0 Å². The summed E-state index contributed by atoms with van der Waals surface area (Å²) in [6, 6.07) is 7.64. The number of aromatic nitrogens is 1. The van der Waals surface area contributed by atoms with Gasteiger partial charge in [0.1, 0.15) is 0 Å². The first-order valence-electron chi connectivity index (χ1n) is 8.41. The first-order chi connectivity index (χ1) is 12.2. The number of benzene rings is 1. The zero-order valence-electron chi connectivity index (χ0n) is 15.6. The van der Waals surface area contributed by atoms with Crippen LogP contribution in [0.1, 0.15) is 26.3 Å². The molecule has 1 aromatic carbocycles. The third-order valence-corrected chi connectivity index (χ3v) is 3.69. The number of esters is 1. The van der Waals surface area contributed by atoms with Gasteiger partial charge in [0, 0.05) is 29.7 Å². The molecule has 0 bridgehead atoms. The molecule has 0 unspecified atom stereocenters. The van der Waals surface area contributed by atoms with Crippen LogP contribution < -0.4 is 5.32 Å². The van der Waals surface area contributed by atoms with Crippen molar-refractivity contribution in [2.75, 3.05) is 20.2 Å². The molecule has 26 heavy (non-hydrogen) atoms. The van der Waals surface area contributed by atoms with E-state index in [0.717, 1.165) is 16.5 Å². The average molecular weight is 359 g/mol. The molecule has 0 saturated carbocycles. The molecule has 0 aliphatic rings. The predicted octanol–water partition coefficient (Wildman–Crippen LogP) is 1.63. The number of likely N-dealkylation sites (N-methyl/N-ethyl adjacent to an activating group) is 1. The van der Waals surface area contributed by atoms with Crippen molar-refractivity contribution in [2.24, 2.45) is 0 Å². The third-order valence-electron chi connectivity index (χ3n) is 3.69. The Labute approximate surface area is 152 Å². The second kappa shape index (κ2) is 8.03. The predicted molar refractivity (Wildman–Crippen MR) is 98.5 cm³/mol. The number of aromatic amines is 1. The van der Waals surface area contributed by atoms with Crippen LogP contribution in [0.25, 0.3) is 10.9 Å². The summed E-state index contributed by atoms with van der Waals surface area (Å²) in [5.74, 6) is -1.18. The number of ether oxygens (including phenoxy) is 1. The number of amides is 2. The summed E-state index contributed by atoms with van der Waals surface area (Å²) in [4.78, 5) is 40.2. The van der Waals surface area contributed by atoms with E-state index in [2.05, 4.69) is 10.3 Å². The van der Waals surface area contributed by atoms with Crippen molar-refractivity contribution in [3.63, 3.8) is 0 Å². The van der Waals surface area contributed by atoms with Crippen LogP contribution in [0.15, 0.2) is 30.5 Å². The molecule has 2 N–H and O–H groups in total. The van der Waals surface area contributed by atoms with Crippen LogP contribution in [0.5, 0.6) is 0 Å². The van der Waals surface area contributed by atoms with Gasteiger partial charge >= 0.3 is 5.97 Å². The second-order valence-corrected chi connectivity index (χ2v) is 7.24. The maximum atomic E-state index is 12.0. The molecule has 0 saturated heterocycles. The summed E-state index contributed by atoms with van der Waals surface area (Å²) in [6.45, 7) is 5.11. The largest absolute Gasteiger partial charge is 0.455 e. The molecule has 0 spiro atoms. The van der Waals surface area contributed by atoms with Gasteiger partial charge in [-0.3, -0.25) is 14.4 Å². The lowest BCUT2D eigenvalue weighted by atomic mass is 10.1. The summed E-state index contributed by atoms with van der Waals surface area (Å²) >= 11 is 0. The molecule has 0 radical (unpaired) electrons. The van der Waals surface area contributed by atoms with E-state index in [-0.39, 0.29) is 31.0 Å². The molecule has 2 amide bonds. The van der Waals surface area contributed by atoms with Crippen molar-refractivity contribution < 1.29 is 19.1 Å². The minimum absolute atomic E-state index is 0.0749. The fraction of sp³-hybridized carbons (Fsp3) is 0.421. The number of H-pyrrole nitrogens is 1. The zero-order chi connectivity index (χ0) is 19.3. The second-order valence-electron chi connectivity index (χ2n) is 7.24. The number of para-hydroxylation sites is 1. The number of carbonyl (C=O) groups is 3. The van der Waals surface area contributed by atoms with Gasteiger partial charge in [0.15, 0.2) is 6.61 Å². The summed E-state index contributed by atoms with van der Waals surface area (Å²) < 4.78 is 5.05. The Morgan fingerprint density at radius 3 is 2.58 bits per heavy atom. The van der Waals surface area contributed by atoms with Crippen molar-refractivity contribution in [2.45, 2.75) is 32.7 Å². The highest BCUT2D eigenvalue weighted by Crippen LogP contribution is 2.18. The Bertz CT molecular complexity index is 804. The smallest absolute Gasteiger partial charge is 0.310 e. The molecule has 2 rings (SSSR count). The van der Waals surface area contributed by atoms with Crippen LogP contribution in [0.2, 0.25) is 0 Å². The minimum Gasteiger partial charge on any atom is -0.455 e. The number of hydrogen-bond donors (Lipinski definition) is 2. The zero-order valence-corrected chi connectivity index (χ0v) is 15.6. The van der Waals surface area contributed by atoms with Crippen LogP contribution in [-0.4, -0.2) is 53.4 Å². The number of nitrogens with zero attached hydrogens (tertiary/aromatic N) is 1. The SMILES string of the molecule is CN(CC(=O)NC(C)(C)C)C(=O)COC(=O)Cc1c[nH]c2ccccc12. The van der Waals surface area contributed by atoms with E-state index < -0.39 is 11.9 Å². The van der Waals surface area contributed by atoms with Gasteiger partial charge in [-0.25, -0.2) is 0 Å². The van der Waals surface area contributed by atoms with E-state index in [0.29, 0.717) is 0 Å². The van der Waals surface area contributed by atoms with E-state index >= 15 is 0 Å². The van der Waals surface area contributed by atoms with Crippen molar-refractivity contribution in [1.82, 2.24) is 15.2 Å². The molecule has 7 heteroatoms. The van der Waals surface area contributed by atoms with Gasteiger partial charge in [-0.2, -0.15) is 0 Å². The third kappa shape index (κ3) is 5.61. The highest BCUT2D eigenvalue weighted by molar-refractivity contribution is 5.89. The minimum atomic E-state index is -0.490. The molecule has 0 fully saturated rings. The van der Waals surface area contributed by atoms with Gasteiger partial charge in [-0.05, 0) is 32.4 Å². The number of hydrogen-bond acceptors (Lipinski definition) is 4. The first-order valence-corrected chi connectivity index (χ1v) is 8.41. The molecule has 0 atom stereocenters. The molecule has 1 aromatic heterocycles. The molecular weight excluding hydrogens is 334 g/mol. The molecule has 7 nitrogen and oxygen atoms in total. The normalized spacial score (nSPS) is 11.2. The number of nitrogens with one attached hydrogen (secondary N) is 2. The monoisotopic (exact) mass is 359 g/mol. The van der Waals surface area contributed by atoms with Crippen molar-refractivity contribution >= 4 is 28.7 Å². The van der Waals surface area contributed by atoms with E-state index in [4.69, 9.17) is 4.74 Å².